The lowest BCUT2D eigenvalue weighted by molar-refractivity contribution is -0.278. The van der Waals surface area contributed by atoms with Crippen LogP contribution >= 0.6 is 0 Å². The Morgan fingerprint density at radius 1 is 1.00 bits per heavy atom. The Morgan fingerprint density at radius 3 is 2.39 bits per heavy atom. The first kappa shape index (κ1) is 29.3. The normalized spacial score (nSPS) is 28.4. The lowest BCUT2D eigenvalue weighted by Crippen LogP contribution is -2.46. The first-order valence-corrected chi connectivity index (χ1v) is 14.8. The zero-order valence-electron chi connectivity index (χ0n) is 23.6. The number of carbonyl (C=O) groups is 1. The summed E-state index contributed by atoms with van der Waals surface area (Å²) in [6.45, 7) is 9.56. The number of nitrogens with one attached hydrogen (secondary N) is 1. The highest BCUT2D eigenvalue weighted by Crippen LogP contribution is 2.47. The summed E-state index contributed by atoms with van der Waals surface area (Å²) in [5.41, 5.74) is 0.677. The van der Waals surface area contributed by atoms with Gasteiger partial charge in [0.25, 0.3) is 0 Å². The summed E-state index contributed by atoms with van der Waals surface area (Å²) in [5.74, 6) is -1.98. The molecule has 1 N–H and O–H groups in total. The maximum absolute atomic E-state index is 12.9. The molecule has 3 saturated heterocycles. The Kier molecular flexibility index (Phi) is 10.8. The van der Waals surface area contributed by atoms with Crippen LogP contribution in [0.2, 0.25) is 0 Å². The molecule has 8 nitrogen and oxygen atoms in total. The summed E-state index contributed by atoms with van der Waals surface area (Å²) >= 11 is 0. The van der Waals surface area contributed by atoms with Crippen molar-refractivity contribution in [2.75, 3.05) is 38.2 Å². The molecule has 0 radical (unpaired) electrons. The predicted molar refractivity (Wildman–Crippen MR) is 147 cm³/mol. The van der Waals surface area contributed by atoms with Crippen LogP contribution in [0.5, 0.6) is 0 Å². The van der Waals surface area contributed by atoms with Gasteiger partial charge in [0.2, 0.25) is 5.79 Å². The standard InChI is InChI=1S/C30H48N2O6/c1-4-5-6-7-8-9-10-16-21-34-23-30-27(37-29(2,3)38-30)26(25(36-30)22-32-19-14-15-20-32)35-28(33)31-24-17-12-11-13-18-24/h11-13,17-18,25-27H,4-10,14-16,19-23H2,1-3H3,(H,31,33)/t25-,26+,27-,30-/m0/s1. The van der Waals surface area contributed by atoms with E-state index in [0.717, 1.165) is 25.9 Å². The maximum Gasteiger partial charge on any atom is 0.412 e. The number of carbonyl (C=O) groups excluding carboxylic acids is 1. The summed E-state index contributed by atoms with van der Waals surface area (Å²) in [5, 5.41) is 2.83. The molecule has 3 fully saturated rings. The number of hydrogen-bond donors (Lipinski definition) is 1. The van der Waals surface area contributed by atoms with E-state index < -0.39 is 29.9 Å². The molecule has 0 saturated carbocycles. The summed E-state index contributed by atoms with van der Waals surface area (Å²) < 4.78 is 31.4. The molecule has 0 aliphatic carbocycles. The smallest absolute Gasteiger partial charge is 0.412 e. The first-order valence-electron chi connectivity index (χ1n) is 14.8. The molecule has 3 heterocycles. The number of ether oxygens (including phenoxy) is 5. The molecule has 0 unspecified atom stereocenters. The molecule has 4 rings (SSSR count). The Labute approximate surface area is 228 Å². The van der Waals surface area contributed by atoms with Gasteiger partial charge in [0.1, 0.15) is 12.7 Å². The van der Waals surface area contributed by atoms with Crippen molar-refractivity contribution in [2.24, 2.45) is 0 Å². The number of likely N-dealkylation sites (tertiary alicyclic amines) is 1. The van der Waals surface area contributed by atoms with Crippen molar-refractivity contribution >= 4 is 11.8 Å². The fourth-order valence-electron chi connectivity index (χ4n) is 5.81. The number of amides is 1. The zero-order chi connectivity index (χ0) is 26.8. The van der Waals surface area contributed by atoms with E-state index in [1.54, 1.807) is 0 Å². The molecule has 214 valence electrons. The van der Waals surface area contributed by atoms with E-state index in [-0.39, 0.29) is 12.7 Å². The van der Waals surface area contributed by atoms with Crippen LogP contribution in [-0.4, -0.2) is 73.7 Å². The van der Waals surface area contributed by atoms with Gasteiger partial charge < -0.3 is 28.6 Å². The average Bonchev–Trinajstić information content (AvgIpc) is 3.55. The highest BCUT2D eigenvalue weighted by atomic mass is 16.9. The second-order valence-electron chi connectivity index (χ2n) is 11.4. The van der Waals surface area contributed by atoms with Crippen molar-refractivity contribution in [1.82, 2.24) is 4.90 Å². The topological polar surface area (TPSA) is 78.5 Å². The number of hydrogen-bond acceptors (Lipinski definition) is 7. The molecule has 8 heteroatoms. The minimum atomic E-state index is -1.11. The van der Waals surface area contributed by atoms with E-state index >= 15 is 0 Å². The van der Waals surface area contributed by atoms with Crippen LogP contribution in [0.4, 0.5) is 10.5 Å². The van der Waals surface area contributed by atoms with Crippen molar-refractivity contribution < 1.29 is 28.5 Å². The molecule has 38 heavy (non-hydrogen) atoms. The monoisotopic (exact) mass is 532 g/mol. The fraction of sp³-hybridized carbons (Fsp3) is 0.767. The fourth-order valence-corrected chi connectivity index (χ4v) is 5.81. The van der Waals surface area contributed by atoms with E-state index in [4.69, 9.17) is 23.7 Å². The van der Waals surface area contributed by atoms with Gasteiger partial charge in [-0.25, -0.2) is 4.79 Å². The van der Waals surface area contributed by atoms with E-state index in [1.807, 2.05) is 44.2 Å². The summed E-state index contributed by atoms with van der Waals surface area (Å²) in [4.78, 5) is 15.3. The van der Waals surface area contributed by atoms with Crippen molar-refractivity contribution in [3.8, 4) is 0 Å². The number of fused-ring (bicyclic) bond motifs is 1. The zero-order valence-corrected chi connectivity index (χ0v) is 23.6. The lowest BCUT2D eigenvalue weighted by Gasteiger charge is -2.30. The molecule has 0 spiro atoms. The molecule has 1 aromatic rings. The van der Waals surface area contributed by atoms with Crippen LogP contribution in [0, 0.1) is 0 Å². The first-order chi connectivity index (χ1) is 18.4. The van der Waals surface area contributed by atoms with Gasteiger partial charge in [-0.15, -0.1) is 0 Å². The Morgan fingerprint density at radius 2 is 1.68 bits per heavy atom. The molecule has 3 aliphatic rings. The SMILES string of the molecule is CCCCCCCCCCOC[C@@]12O[C@@H](CN3CCCC3)[C@@H](OC(=O)Nc3ccccc3)[C@@H]1OC(C)(C)O2. The highest BCUT2D eigenvalue weighted by Gasteiger charge is 2.66. The van der Waals surface area contributed by atoms with E-state index in [2.05, 4.69) is 17.1 Å². The Bertz CT molecular complexity index is 846. The van der Waals surface area contributed by atoms with Crippen molar-refractivity contribution in [2.45, 2.75) is 115 Å². The number of benzene rings is 1. The van der Waals surface area contributed by atoms with Crippen LogP contribution in [0.25, 0.3) is 0 Å². The highest BCUT2D eigenvalue weighted by molar-refractivity contribution is 5.84. The predicted octanol–water partition coefficient (Wildman–Crippen LogP) is 6.10. The van der Waals surface area contributed by atoms with Gasteiger partial charge in [0.15, 0.2) is 18.0 Å². The number of rotatable bonds is 15. The van der Waals surface area contributed by atoms with Crippen LogP contribution in [-0.2, 0) is 23.7 Å². The Hall–Kier alpha value is -1.71. The van der Waals surface area contributed by atoms with Crippen LogP contribution in [0.15, 0.2) is 30.3 Å². The minimum Gasteiger partial charge on any atom is -0.440 e. The van der Waals surface area contributed by atoms with Crippen LogP contribution in [0.1, 0.15) is 85.0 Å². The largest absolute Gasteiger partial charge is 0.440 e. The van der Waals surface area contributed by atoms with Gasteiger partial charge in [0, 0.05) is 18.8 Å². The van der Waals surface area contributed by atoms with Gasteiger partial charge >= 0.3 is 6.09 Å². The number of para-hydroxylation sites is 1. The van der Waals surface area contributed by atoms with Crippen LogP contribution in [0.3, 0.4) is 0 Å². The summed E-state index contributed by atoms with van der Waals surface area (Å²) in [6.07, 6.45) is 10.2. The van der Waals surface area contributed by atoms with E-state index in [0.29, 0.717) is 18.8 Å². The molecule has 1 amide bonds. The third-order valence-corrected chi connectivity index (χ3v) is 7.62. The summed E-state index contributed by atoms with van der Waals surface area (Å²) in [6, 6.07) is 9.30. The summed E-state index contributed by atoms with van der Waals surface area (Å²) in [7, 11) is 0. The number of nitrogens with zero attached hydrogens (tertiary/aromatic N) is 1. The maximum atomic E-state index is 12.9. The lowest BCUT2D eigenvalue weighted by atomic mass is 10.0. The number of anilines is 1. The molecule has 0 bridgehead atoms. The van der Waals surface area contributed by atoms with Crippen molar-refractivity contribution in [1.29, 1.82) is 0 Å². The van der Waals surface area contributed by atoms with Gasteiger partial charge in [-0.3, -0.25) is 5.32 Å². The van der Waals surface area contributed by atoms with Gasteiger partial charge in [-0.2, -0.15) is 0 Å². The Balaban J connectivity index is 1.35. The molecule has 0 aromatic heterocycles. The van der Waals surface area contributed by atoms with E-state index in [9.17, 15) is 4.79 Å². The molecule has 1 aromatic carbocycles. The van der Waals surface area contributed by atoms with Gasteiger partial charge in [0.05, 0.1) is 0 Å². The van der Waals surface area contributed by atoms with Gasteiger partial charge in [-0.05, 0) is 58.3 Å². The molecule has 4 atom stereocenters. The van der Waals surface area contributed by atoms with Crippen LogP contribution < -0.4 is 5.32 Å². The van der Waals surface area contributed by atoms with Crippen molar-refractivity contribution in [3.05, 3.63) is 30.3 Å². The molecular weight excluding hydrogens is 484 g/mol. The second kappa shape index (κ2) is 14.1. The van der Waals surface area contributed by atoms with Gasteiger partial charge in [-0.1, -0.05) is 70.1 Å². The molecular formula is C30H48N2O6. The van der Waals surface area contributed by atoms with E-state index in [1.165, 1.54) is 51.4 Å². The average molecular weight is 533 g/mol. The minimum absolute atomic E-state index is 0.244. The third kappa shape index (κ3) is 8.15. The van der Waals surface area contributed by atoms with Crippen molar-refractivity contribution in [3.63, 3.8) is 0 Å². The second-order valence-corrected chi connectivity index (χ2v) is 11.4. The third-order valence-electron chi connectivity index (χ3n) is 7.62. The number of unbranched alkanes of at least 4 members (excludes halogenated alkanes) is 7. The molecule has 3 aliphatic heterocycles. The quantitative estimate of drug-likeness (QED) is 0.273.